The zero-order chi connectivity index (χ0) is 19.1. The second-order valence-electron chi connectivity index (χ2n) is 5.70. The van der Waals surface area contributed by atoms with Crippen LogP contribution in [0.2, 0.25) is 0 Å². The van der Waals surface area contributed by atoms with E-state index in [0.29, 0.717) is 11.0 Å². The third kappa shape index (κ3) is 8.20. The molecule has 0 unspecified atom stereocenters. The predicted molar refractivity (Wildman–Crippen MR) is 104 cm³/mol. The van der Waals surface area contributed by atoms with E-state index < -0.39 is 0 Å². The fourth-order valence-electron chi connectivity index (χ4n) is 2.62. The number of aromatic nitrogens is 2. The van der Waals surface area contributed by atoms with Gasteiger partial charge in [-0.15, -0.1) is 0 Å². The van der Waals surface area contributed by atoms with Crippen molar-refractivity contribution in [2.75, 3.05) is 7.11 Å². The Hall–Kier alpha value is -1.22. The second kappa shape index (κ2) is 14.7. The predicted octanol–water partition coefficient (Wildman–Crippen LogP) is -2.69. The van der Waals surface area contributed by atoms with E-state index in [1.165, 1.54) is 0 Å². The van der Waals surface area contributed by atoms with Crippen LogP contribution in [-0.4, -0.2) is 32.8 Å². The van der Waals surface area contributed by atoms with Crippen molar-refractivity contribution < 1.29 is 79.9 Å². The Labute approximate surface area is 214 Å². The summed E-state index contributed by atoms with van der Waals surface area (Å²) in [5.74, 6) is 0.260. The maximum Gasteiger partial charge on any atom is 1.00 e. The van der Waals surface area contributed by atoms with Crippen LogP contribution in [0, 0.1) is 13.8 Å². The van der Waals surface area contributed by atoms with Gasteiger partial charge in [-0.3, -0.25) is 9.97 Å². The molecule has 0 bridgehead atoms. The van der Waals surface area contributed by atoms with Gasteiger partial charge in [-0.2, -0.15) is 0 Å². The summed E-state index contributed by atoms with van der Waals surface area (Å²) in [6.45, 7) is 3.86. The quantitative estimate of drug-likeness (QED) is 0.304. The van der Waals surface area contributed by atoms with Gasteiger partial charge in [0.05, 0.1) is 5.52 Å². The molecule has 6 nitrogen and oxygen atoms in total. The molecule has 0 aliphatic carbocycles. The number of nitrogens with zero attached hydrogens (tertiary/aromatic N) is 2. The van der Waals surface area contributed by atoms with Crippen LogP contribution >= 0.6 is 0 Å². The number of aryl methyl sites for hydroxylation is 2. The van der Waals surface area contributed by atoms with Crippen LogP contribution in [-0.2, 0) is 0 Å². The molecule has 0 aliphatic rings. The minimum Gasteiger partial charge on any atom is -0.871 e. The van der Waals surface area contributed by atoms with Crippen LogP contribution in [0.15, 0.2) is 60.9 Å². The summed E-state index contributed by atoms with van der Waals surface area (Å²) in [6.07, 6.45) is 3.32. The average molecular weight is 412 g/mol. The molecule has 4 aromatic rings. The third-order valence-electron chi connectivity index (χ3n) is 3.64. The van der Waals surface area contributed by atoms with Gasteiger partial charge >= 0.3 is 59.1 Å². The Morgan fingerprint density at radius 1 is 0.759 bits per heavy atom. The Kier molecular flexibility index (Phi) is 15.2. The van der Waals surface area contributed by atoms with Crippen molar-refractivity contribution in [2.24, 2.45) is 0 Å². The molecule has 0 spiro atoms. The maximum atomic E-state index is 11.3. The van der Waals surface area contributed by atoms with Crippen molar-refractivity contribution >= 4 is 21.8 Å². The minimum atomic E-state index is 0. The summed E-state index contributed by atoms with van der Waals surface area (Å²) in [5.41, 5.74) is 3.26. The first-order valence-corrected chi connectivity index (χ1v) is 8.06. The van der Waals surface area contributed by atoms with Gasteiger partial charge in [-0.25, -0.2) is 0 Å². The van der Waals surface area contributed by atoms with E-state index in [4.69, 9.17) is 5.11 Å². The fourth-order valence-corrected chi connectivity index (χ4v) is 2.62. The van der Waals surface area contributed by atoms with Crippen molar-refractivity contribution in [1.82, 2.24) is 9.97 Å². The molecule has 0 fully saturated rings. The number of aliphatic hydroxyl groups excluding tert-OH is 1. The molecule has 142 valence electrons. The topological polar surface area (TPSA) is 119 Å². The van der Waals surface area contributed by atoms with E-state index in [1.807, 2.05) is 50.2 Å². The summed E-state index contributed by atoms with van der Waals surface area (Å²) in [5, 5.41) is 29.7. The van der Waals surface area contributed by atoms with E-state index in [-0.39, 0.29) is 76.1 Å². The van der Waals surface area contributed by atoms with Crippen LogP contribution in [0.4, 0.5) is 0 Å². The van der Waals surface area contributed by atoms with Crippen LogP contribution < -0.4 is 64.2 Å². The van der Waals surface area contributed by atoms with E-state index in [2.05, 4.69) is 9.97 Å². The first-order valence-electron chi connectivity index (χ1n) is 8.06. The molecular formula is C21H22N2Na2O4. The van der Waals surface area contributed by atoms with Crippen LogP contribution in [0.1, 0.15) is 11.1 Å². The maximum absolute atomic E-state index is 11.3. The molecule has 29 heavy (non-hydrogen) atoms. The zero-order valence-electron chi connectivity index (χ0n) is 17.4. The number of aromatic hydroxyl groups is 1. The summed E-state index contributed by atoms with van der Waals surface area (Å²) in [7, 11) is 1.00. The van der Waals surface area contributed by atoms with E-state index in [1.54, 1.807) is 24.5 Å². The molecule has 0 saturated carbocycles. The number of rotatable bonds is 0. The molecule has 8 heteroatoms. The van der Waals surface area contributed by atoms with Crippen molar-refractivity contribution in [2.45, 2.75) is 13.8 Å². The Morgan fingerprint density at radius 2 is 1.21 bits per heavy atom. The van der Waals surface area contributed by atoms with Crippen LogP contribution in [0.3, 0.4) is 0 Å². The average Bonchev–Trinajstić information content (AvgIpc) is 2.64. The normalized spacial score (nSPS) is 8.83. The third-order valence-corrected chi connectivity index (χ3v) is 3.64. The number of benzene rings is 2. The van der Waals surface area contributed by atoms with Gasteiger partial charge < -0.3 is 20.8 Å². The molecule has 2 aromatic heterocycles. The first kappa shape index (κ1) is 30.0. The second-order valence-corrected chi connectivity index (χ2v) is 5.70. The van der Waals surface area contributed by atoms with Gasteiger partial charge in [-0.1, -0.05) is 29.5 Å². The molecule has 2 heterocycles. The number of phenolic OH excluding ortho intramolecular Hbond substituents is 1. The molecule has 3 N–H and O–H groups in total. The van der Waals surface area contributed by atoms with Gasteiger partial charge in [0.25, 0.3) is 0 Å². The van der Waals surface area contributed by atoms with E-state index in [0.717, 1.165) is 29.0 Å². The van der Waals surface area contributed by atoms with Gasteiger partial charge in [-0.05, 0) is 55.1 Å². The smallest absolute Gasteiger partial charge is 0.871 e. The fraction of sp³-hybridized carbons (Fsp3) is 0.143. The van der Waals surface area contributed by atoms with Crippen molar-refractivity contribution in [3.8, 4) is 11.5 Å². The van der Waals surface area contributed by atoms with Crippen molar-refractivity contribution in [1.29, 1.82) is 0 Å². The molecule has 0 amide bonds. The standard InChI is InChI=1S/2C10H9NO.CH4O.2Na.H2O/c2*1-7-5-8-3-2-4-11-10(8)9(12)6-7;1-2;;;/h2*2-6,12H,1H3;2H,1H3;;;1H2/q;;;2*+1;/p-2. The largest absolute Gasteiger partial charge is 1.00 e. The van der Waals surface area contributed by atoms with Crippen molar-refractivity contribution in [3.05, 3.63) is 72.1 Å². The monoisotopic (exact) mass is 412 g/mol. The first-order chi connectivity index (χ1) is 12.5. The number of hydrogen-bond acceptors (Lipinski definition) is 6. The number of phenols is 1. The number of pyridine rings is 2. The number of aliphatic hydroxyl groups is 1. The van der Waals surface area contributed by atoms with Crippen LogP contribution in [0.25, 0.3) is 21.8 Å². The zero-order valence-corrected chi connectivity index (χ0v) is 21.4. The Bertz CT molecular complexity index is 947. The number of fused-ring (bicyclic) bond motifs is 2. The summed E-state index contributed by atoms with van der Waals surface area (Å²) >= 11 is 0. The SMILES string of the molecule is CO.Cc1cc(O)c2ncccc2c1.Cc1cc([O-])c2ncccc2c1.[Na+].[Na+].[OH-]. The Morgan fingerprint density at radius 3 is 1.76 bits per heavy atom. The molecule has 2 aromatic carbocycles. The van der Waals surface area contributed by atoms with Gasteiger partial charge in [0.2, 0.25) is 0 Å². The van der Waals surface area contributed by atoms with E-state index in [9.17, 15) is 10.2 Å². The van der Waals surface area contributed by atoms with Gasteiger partial charge in [0.1, 0.15) is 11.3 Å². The molecule has 0 atom stereocenters. The summed E-state index contributed by atoms with van der Waals surface area (Å²) in [6, 6.07) is 14.8. The summed E-state index contributed by atoms with van der Waals surface area (Å²) < 4.78 is 0. The van der Waals surface area contributed by atoms with Crippen LogP contribution in [0.5, 0.6) is 11.5 Å². The number of hydrogen-bond donors (Lipinski definition) is 2. The van der Waals surface area contributed by atoms with Crippen molar-refractivity contribution in [3.63, 3.8) is 0 Å². The Balaban J connectivity index is 0. The summed E-state index contributed by atoms with van der Waals surface area (Å²) in [4.78, 5) is 8.08. The van der Waals surface area contributed by atoms with E-state index >= 15 is 0 Å². The van der Waals surface area contributed by atoms with Gasteiger partial charge in [0, 0.05) is 24.9 Å². The van der Waals surface area contributed by atoms with Gasteiger partial charge in [0.15, 0.2) is 0 Å². The molecule has 0 aliphatic heterocycles. The molecular weight excluding hydrogens is 390 g/mol. The molecule has 0 saturated heterocycles. The molecule has 0 radical (unpaired) electrons. The molecule has 4 rings (SSSR count). The minimum absolute atomic E-state index is 0.